The van der Waals surface area contributed by atoms with Crippen LogP contribution in [0, 0.1) is 5.41 Å². The zero-order valence-corrected chi connectivity index (χ0v) is 16.3. The van der Waals surface area contributed by atoms with E-state index in [-0.39, 0.29) is 11.8 Å². The minimum atomic E-state index is -0.500. The number of hydrogen-bond acceptors (Lipinski definition) is 2. The number of piperidine rings is 1. The predicted molar refractivity (Wildman–Crippen MR) is 106 cm³/mol. The molecule has 1 saturated heterocycles. The topological polar surface area (TPSA) is 49.4 Å². The van der Waals surface area contributed by atoms with Gasteiger partial charge in [0.1, 0.15) is 0 Å². The first-order chi connectivity index (χ1) is 13.1. The van der Waals surface area contributed by atoms with Gasteiger partial charge in [0, 0.05) is 24.7 Å². The Kier molecular flexibility index (Phi) is 5.07. The van der Waals surface area contributed by atoms with Crippen LogP contribution in [0.1, 0.15) is 69.4 Å². The number of carbonyl (C=O) groups is 2. The van der Waals surface area contributed by atoms with Crippen LogP contribution >= 0.6 is 0 Å². The first-order valence-corrected chi connectivity index (χ1v) is 10.5. The molecule has 0 spiro atoms. The van der Waals surface area contributed by atoms with Gasteiger partial charge in [0.2, 0.25) is 11.8 Å². The van der Waals surface area contributed by atoms with Gasteiger partial charge in [-0.2, -0.15) is 0 Å². The van der Waals surface area contributed by atoms with Crippen LogP contribution in [0.15, 0.2) is 36.0 Å². The van der Waals surface area contributed by atoms with Crippen molar-refractivity contribution in [2.24, 2.45) is 5.41 Å². The SMILES string of the molecule is CCc1ccc(CNC(=O)C23CCC=C2N(C2CCCC2)C(=O)CC3)cc1. The van der Waals surface area contributed by atoms with E-state index in [9.17, 15) is 9.59 Å². The van der Waals surface area contributed by atoms with E-state index in [1.807, 2.05) is 4.90 Å². The molecule has 1 atom stereocenters. The fraction of sp³-hybridized carbons (Fsp3) is 0.565. The van der Waals surface area contributed by atoms with E-state index in [1.165, 1.54) is 18.4 Å². The van der Waals surface area contributed by atoms with Crippen molar-refractivity contribution in [2.45, 2.75) is 77.3 Å². The second-order valence-electron chi connectivity index (χ2n) is 8.26. The highest BCUT2D eigenvalue weighted by Crippen LogP contribution is 2.50. The van der Waals surface area contributed by atoms with Crippen molar-refractivity contribution < 1.29 is 9.59 Å². The van der Waals surface area contributed by atoms with Gasteiger partial charge < -0.3 is 10.2 Å². The lowest BCUT2D eigenvalue weighted by Gasteiger charge is -2.44. The smallest absolute Gasteiger partial charge is 0.232 e. The molecule has 27 heavy (non-hydrogen) atoms. The minimum absolute atomic E-state index is 0.0984. The Morgan fingerprint density at radius 3 is 2.56 bits per heavy atom. The highest BCUT2D eigenvalue weighted by molar-refractivity contribution is 5.91. The fourth-order valence-corrected chi connectivity index (χ4v) is 5.09. The molecule has 1 aromatic rings. The summed E-state index contributed by atoms with van der Waals surface area (Å²) in [4.78, 5) is 28.0. The molecular formula is C23H30N2O2. The maximum Gasteiger partial charge on any atom is 0.232 e. The molecule has 0 bridgehead atoms. The van der Waals surface area contributed by atoms with Crippen LogP contribution in [0.25, 0.3) is 0 Å². The van der Waals surface area contributed by atoms with Crippen LogP contribution in [0.2, 0.25) is 0 Å². The first-order valence-electron chi connectivity index (χ1n) is 10.5. The average molecular weight is 367 g/mol. The van der Waals surface area contributed by atoms with Crippen molar-refractivity contribution in [3.8, 4) is 0 Å². The van der Waals surface area contributed by atoms with Crippen molar-refractivity contribution >= 4 is 11.8 Å². The van der Waals surface area contributed by atoms with Crippen LogP contribution in [-0.2, 0) is 22.6 Å². The Morgan fingerprint density at radius 1 is 1.15 bits per heavy atom. The first kappa shape index (κ1) is 18.3. The van der Waals surface area contributed by atoms with E-state index in [4.69, 9.17) is 0 Å². The summed E-state index contributed by atoms with van der Waals surface area (Å²) in [5, 5.41) is 3.18. The molecule has 1 heterocycles. The molecule has 1 unspecified atom stereocenters. The zero-order chi connectivity index (χ0) is 18.9. The molecule has 144 valence electrons. The molecular weight excluding hydrogens is 336 g/mol. The van der Waals surface area contributed by atoms with Crippen molar-refractivity contribution in [1.82, 2.24) is 10.2 Å². The molecule has 4 nitrogen and oxygen atoms in total. The Balaban J connectivity index is 1.49. The van der Waals surface area contributed by atoms with Gasteiger partial charge in [-0.25, -0.2) is 0 Å². The van der Waals surface area contributed by atoms with Gasteiger partial charge in [-0.3, -0.25) is 9.59 Å². The number of amides is 2. The number of carbonyl (C=O) groups excluding carboxylic acids is 2. The van der Waals surface area contributed by atoms with E-state index in [1.54, 1.807) is 0 Å². The van der Waals surface area contributed by atoms with Crippen LogP contribution in [-0.4, -0.2) is 22.8 Å². The largest absolute Gasteiger partial charge is 0.351 e. The van der Waals surface area contributed by atoms with Gasteiger partial charge in [0.05, 0.1) is 5.41 Å². The van der Waals surface area contributed by atoms with Gasteiger partial charge >= 0.3 is 0 Å². The number of nitrogens with zero attached hydrogens (tertiary/aromatic N) is 1. The van der Waals surface area contributed by atoms with E-state index < -0.39 is 5.41 Å². The van der Waals surface area contributed by atoms with Crippen LogP contribution in [0.5, 0.6) is 0 Å². The lowest BCUT2D eigenvalue weighted by Crippen LogP contribution is -2.52. The molecule has 0 radical (unpaired) electrons. The highest BCUT2D eigenvalue weighted by atomic mass is 16.2. The number of rotatable bonds is 5. The standard InChI is InChI=1S/C23H30N2O2/c1-2-17-9-11-18(12-10-17)16-24-22(27)23-14-5-8-20(23)25(21(26)13-15-23)19-6-3-4-7-19/h8-12,19H,2-7,13-16H2,1H3,(H,24,27). The van der Waals surface area contributed by atoms with E-state index in [0.717, 1.165) is 43.4 Å². The summed E-state index contributed by atoms with van der Waals surface area (Å²) < 4.78 is 0. The van der Waals surface area contributed by atoms with Crippen molar-refractivity contribution in [2.75, 3.05) is 0 Å². The monoisotopic (exact) mass is 366 g/mol. The molecule has 4 rings (SSSR count). The predicted octanol–water partition coefficient (Wildman–Crippen LogP) is 4.09. The summed E-state index contributed by atoms with van der Waals surface area (Å²) >= 11 is 0. The quantitative estimate of drug-likeness (QED) is 0.853. The molecule has 2 fully saturated rings. The highest BCUT2D eigenvalue weighted by Gasteiger charge is 2.52. The van der Waals surface area contributed by atoms with Gasteiger partial charge in [0.15, 0.2) is 0 Å². The molecule has 0 aromatic heterocycles. The van der Waals surface area contributed by atoms with Crippen LogP contribution in [0.4, 0.5) is 0 Å². The third kappa shape index (κ3) is 3.30. The molecule has 2 aliphatic carbocycles. The lowest BCUT2D eigenvalue weighted by atomic mass is 9.75. The van der Waals surface area contributed by atoms with E-state index in [2.05, 4.69) is 42.6 Å². The number of hydrogen-bond donors (Lipinski definition) is 1. The van der Waals surface area contributed by atoms with Gasteiger partial charge in [-0.05, 0) is 49.7 Å². The molecule has 1 aromatic carbocycles. The van der Waals surface area contributed by atoms with Crippen molar-refractivity contribution in [1.29, 1.82) is 0 Å². The van der Waals surface area contributed by atoms with Crippen LogP contribution < -0.4 is 5.32 Å². The number of fused-ring (bicyclic) bond motifs is 1. The molecule has 2 amide bonds. The summed E-state index contributed by atoms with van der Waals surface area (Å²) in [6.45, 7) is 2.69. The van der Waals surface area contributed by atoms with Crippen molar-refractivity contribution in [3.63, 3.8) is 0 Å². The van der Waals surface area contributed by atoms with E-state index >= 15 is 0 Å². The lowest BCUT2D eigenvalue weighted by molar-refractivity contribution is -0.141. The number of benzene rings is 1. The molecule has 4 heteroatoms. The molecule has 1 aliphatic heterocycles. The Morgan fingerprint density at radius 2 is 1.85 bits per heavy atom. The molecule has 1 saturated carbocycles. The number of allylic oxidation sites excluding steroid dienone is 1. The summed E-state index contributed by atoms with van der Waals surface area (Å²) in [6, 6.07) is 8.74. The Bertz CT molecular complexity index is 746. The number of nitrogens with one attached hydrogen (secondary N) is 1. The van der Waals surface area contributed by atoms with E-state index in [0.29, 0.717) is 25.4 Å². The Labute approximate surface area is 162 Å². The van der Waals surface area contributed by atoms with Gasteiger partial charge in [0.25, 0.3) is 0 Å². The van der Waals surface area contributed by atoms with Gasteiger partial charge in [-0.15, -0.1) is 0 Å². The average Bonchev–Trinajstić information content (AvgIpc) is 3.37. The second-order valence-corrected chi connectivity index (χ2v) is 8.26. The van der Waals surface area contributed by atoms with Gasteiger partial charge in [-0.1, -0.05) is 50.1 Å². The summed E-state index contributed by atoms with van der Waals surface area (Å²) in [6.07, 6.45) is 10.6. The third-order valence-electron chi connectivity index (χ3n) is 6.70. The van der Waals surface area contributed by atoms with Crippen molar-refractivity contribution in [3.05, 3.63) is 47.2 Å². The summed E-state index contributed by atoms with van der Waals surface area (Å²) in [5.41, 5.74) is 2.94. The van der Waals surface area contributed by atoms with Crippen LogP contribution in [0.3, 0.4) is 0 Å². The zero-order valence-electron chi connectivity index (χ0n) is 16.3. The minimum Gasteiger partial charge on any atom is -0.351 e. The summed E-state index contributed by atoms with van der Waals surface area (Å²) in [7, 11) is 0. The normalized spacial score (nSPS) is 25.4. The Hall–Kier alpha value is -2.10. The maximum absolute atomic E-state index is 13.3. The molecule has 1 N–H and O–H groups in total. The third-order valence-corrected chi connectivity index (χ3v) is 6.70. The number of aryl methyl sites for hydroxylation is 1. The second kappa shape index (κ2) is 7.49. The molecule has 3 aliphatic rings. The number of likely N-dealkylation sites (tertiary alicyclic amines) is 1. The summed E-state index contributed by atoms with van der Waals surface area (Å²) in [5.74, 6) is 0.315. The maximum atomic E-state index is 13.3. The fourth-order valence-electron chi connectivity index (χ4n) is 5.09.